The van der Waals surface area contributed by atoms with E-state index in [1.165, 1.54) is 4.31 Å². The minimum Gasteiger partial charge on any atom is -0.392 e. The molecule has 100 valence electrons. The molecule has 1 saturated carbocycles. The van der Waals surface area contributed by atoms with Crippen LogP contribution in [0.5, 0.6) is 0 Å². The molecule has 0 aromatic heterocycles. The van der Waals surface area contributed by atoms with Crippen LogP contribution < -0.4 is 0 Å². The summed E-state index contributed by atoms with van der Waals surface area (Å²) < 4.78 is 26.4. The number of sulfonamides is 1. The molecule has 0 heterocycles. The van der Waals surface area contributed by atoms with E-state index in [0.717, 1.165) is 12.8 Å². The third-order valence-corrected chi connectivity index (χ3v) is 5.17. The summed E-state index contributed by atoms with van der Waals surface area (Å²) in [6.07, 6.45) is 2.26. The average Bonchev–Trinajstić information content (AvgIpc) is 3.19. The van der Waals surface area contributed by atoms with E-state index in [-0.39, 0.29) is 11.5 Å². The molecule has 0 aliphatic heterocycles. The van der Waals surface area contributed by atoms with Gasteiger partial charge in [0.2, 0.25) is 10.0 Å². The molecule has 0 atom stereocenters. The first kappa shape index (κ1) is 13.5. The largest absolute Gasteiger partial charge is 0.392 e. The molecule has 1 N–H and O–H groups in total. The number of benzene rings is 1. The zero-order valence-electron chi connectivity index (χ0n) is 10.5. The first-order chi connectivity index (χ1) is 8.57. The molecule has 0 unspecified atom stereocenters. The normalized spacial score (nSPS) is 16.2. The molecule has 1 aliphatic carbocycles. The maximum Gasteiger partial charge on any atom is 0.243 e. The third kappa shape index (κ3) is 2.91. The number of rotatable bonds is 6. The van der Waals surface area contributed by atoms with Gasteiger partial charge in [-0.25, -0.2) is 8.42 Å². The molecule has 0 amide bonds. The Hall–Kier alpha value is -0.910. The minimum absolute atomic E-state index is 0.141. The third-order valence-electron chi connectivity index (χ3n) is 3.23. The zero-order valence-corrected chi connectivity index (χ0v) is 11.4. The van der Waals surface area contributed by atoms with E-state index in [1.54, 1.807) is 24.3 Å². The van der Waals surface area contributed by atoms with Gasteiger partial charge >= 0.3 is 0 Å². The summed E-state index contributed by atoms with van der Waals surface area (Å²) in [4.78, 5) is 0.275. The van der Waals surface area contributed by atoms with Gasteiger partial charge in [0, 0.05) is 13.1 Å². The average molecular weight is 269 g/mol. The maximum absolute atomic E-state index is 12.4. The Morgan fingerprint density at radius 3 is 2.67 bits per heavy atom. The second-order valence-corrected chi connectivity index (χ2v) is 6.64. The Kier molecular flexibility index (Phi) is 4.04. The van der Waals surface area contributed by atoms with Gasteiger partial charge in [-0.3, -0.25) is 0 Å². The lowest BCUT2D eigenvalue weighted by molar-refractivity contribution is 0.281. The zero-order chi connectivity index (χ0) is 13.2. The van der Waals surface area contributed by atoms with Crippen LogP contribution in [0, 0.1) is 5.92 Å². The molecule has 1 aromatic rings. The van der Waals surface area contributed by atoms with Gasteiger partial charge in [-0.15, -0.1) is 0 Å². The second-order valence-electron chi connectivity index (χ2n) is 4.70. The summed E-state index contributed by atoms with van der Waals surface area (Å²) in [5.41, 5.74) is 0.624. The summed E-state index contributed by atoms with van der Waals surface area (Å²) in [5, 5.41) is 9.07. The SMILES string of the molecule is CCN(CC1CC1)S(=O)(=O)c1cccc(CO)c1. The van der Waals surface area contributed by atoms with Crippen LogP contribution in [0.4, 0.5) is 0 Å². The van der Waals surface area contributed by atoms with Crippen molar-refractivity contribution in [1.29, 1.82) is 0 Å². The summed E-state index contributed by atoms with van der Waals surface area (Å²) in [6, 6.07) is 6.52. The van der Waals surface area contributed by atoms with Gasteiger partial charge in [-0.05, 0) is 36.5 Å². The molecule has 0 saturated heterocycles. The molecule has 2 rings (SSSR count). The summed E-state index contributed by atoms with van der Waals surface area (Å²) in [5.74, 6) is 0.528. The fourth-order valence-corrected chi connectivity index (χ4v) is 3.53. The van der Waals surface area contributed by atoms with Crippen molar-refractivity contribution >= 4 is 10.0 Å². The number of aliphatic hydroxyl groups excluding tert-OH is 1. The van der Waals surface area contributed by atoms with Crippen molar-refractivity contribution in [2.45, 2.75) is 31.3 Å². The Labute approximate surface area is 108 Å². The van der Waals surface area contributed by atoms with Crippen molar-refractivity contribution in [3.05, 3.63) is 29.8 Å². The molecular formula is C13H19NO3S. The van der Waals surface area contributed by atoms with Crippen LogP contribution in [-0.2, 0) is 16.6 Å². The molecule has 1 fully saturated rings. The van der Waals surface area contributed by atoms with Crippen LogP contribution in [0.25, 0.3) is 0 Å². The monoisotopic (exact) mass is 269 g/mol. The van der Waals surface area contributed by atoms with E-state index in [2.05, 4.69) is 0 Å². The van der Waals surface area contributed by atoms with Crippen LogP contribution in [0.1, 0.15) is 25.3 Å². The molecule has 18 heavy (non-hydrogen) atoms. The van der Waals surface area contributed by atoms with E-state index in [4.69, 9.17) is 5.11 Å². The van der Waals surface area contributed by atoms with Gasteiger partial charge in [0.15, 0.2) is 0 Å². The lowest BCUT2D eigenvalue weighted by Crippen LogP contribution is -2.32. The second kappa shape index (κ2) is 5.38. The van der Waals surface area contributed by atoms with Crippen molar-refractivity contribution in [2.75, 3.05) is 13.1 Å². The van der Waals surface area contributed by atoms with Crippen LogP contribution in [0.15, 0.2) is 29.2 Å². The van der Waals surface area contributed by atoms with Gasteiger partial charge in [-0.2, -0.15) is 4.31 Å². The number of hydrogen-bond donors (Lipinski definition) is 1. The van der Waals surface area contributed by atoms with Crippen molar-refractivity contribution in [3.8, 4) is 0 Å². The standard InChI is InChI=1S/C13H19NO3S/c1-2-14(9-11-6-7-11)18(16,17)13-5-3-4-12(8-13)10-15/h3-5,8,11,15H,2,6-7,9-10H2,1H3. The van der Waals surface area contributed by atoms with Crippen molar-refractivity contribution in [2.24, 2.45) is 5.92 Å². The van der Waals surface area contributed by atoms with E-state index < -0.39 is 10.0 Å². The predicted molar refractivity (Wildman–Crippen MR) is 69.5 cm³/mol. The number of hydrogen-bond acceptors (Lipinski definition) is 3. The number of aliphatic hydroxyl groups is 1. The predicted octanol–water partition coefficient (Wildman–Crippen LogP) is 1.60. The van der Waals surface area contributed by atoms with E-state index >= 15 is 0 Å². The number of nitrogens with zero attached hydrogens (tertiary/aromatic N) is 1. The smallest absolute Gasteiger partial charge is 0.243 e. The molecular weight excluding hydrogens is 250 g/mol. The van der Waals surface area contributed by atoms with E-state index in [9.17, 15) is 8.42 Å². The highest BCUT2D eigenvalue weighted by Gasteiger charge is 2.30. The molecule has 4 nitrogen and oxygen atoms in total. The van der Waals surface area contributed by atoms with Crippen LogP contribution in [0.3, 0.4) is 0 Å². The Balaban J connectivity index is 2.26. The summed E-state index contributed by atoms with van der Waals surface area (Å²) in [6.45, 7) is 2.82. The molecule has 1 aliphatic rings. The van der Waals surface area contributed by atoms with Gasteiger partial charge in [-0.1, -0.05) is 19.1 Å². The summed E-state index contributed by atoms with van der Waals surface area (Å²) in [7, 11) is -3.42. The van der Waals surface area contributed by atoms with Crippen LogP contribution >= 0.6 is 0 Å². The van der Waals surface area contributed by atoms with Gasteiger partial charge in [0.1, 0.15) is 0 Å². The highest BCUT2D eigenvalue weighted by atomic mass is 32.2. The van der Waals surface area contributed by atoms with Gasteiger partial charge in [0.05, 0.1) is 11.5 Å². The van der Waals surface area contributed by atoms with Crippen molar-refractivity contribution < 1.29 is 13.5 Å². The topological polar surface area (TPSA) is 57.6 Å². The van der Waals surface area contributed by atoms with Gasteiger partial charge in [0.25, 0.3) is 0 Å². The fraction of sp³-hybridized carbons (Fsp3) is 0.538. The van der Waals surface area contributed by atoms with Crippen molar-refractivity contribution in [3.63, 3.8) is 0 Å². The molecule has 5 heteroatoms. The lowest BCUT2D eigenvalue weighted by atomic mass is 10.2. The van der Waals surface area contributed by atoms with E-state index in [1.807, 2.05) is 6.92 Å². The maximum atomic E-state index is 12.4. The highest BCUT2D eigenvalue weighted by Crippen LogP contribution is 2.31. The Morgan fingerprint density at radius 1 is 1.39 bits per heavy atom. The molecule has 0 radical (unpaired) electrons. The highest BCUT2D eigenvalue weighted by molar-refractivity contribution is 7.89. The molecule has 1 aromatic carbocycles. The minimum atomic E-state index is -3.42. The Bertz CT molecular complexity index is 509. The first-order valence-electron chi connectivity index (χ1n) is 6.28. The lowest BCUT2D eigenvalue weighted by Gasteiger charge is -2.20. The fourth-order valence-electron chi connectivity index (χ4n) is 1.94. The summed E-state index contributed by atoms with van der Waals surface area (Å²) >= 11 is 0. The van der Waals surface area contributed by atoms with Crippen LogP contribution in [0.2, 0.25) is 0 Å². The van der Waals surface area contributed by atoms with E-state index in [0.29, 0.717) is 24.6 Å². The van der Waals surface area contributed by atoms with Crippen LogP contribution in [-0.4, -0.2) is 30.9 Å². The molecule has 0 spiro atoms. The van der Waals surface area contributed by atoms with Crippen molar-refractivity contribution in [1.82, 2.24) is 4.31 Å². The Morgan fingerprint density at radius 2 is 2.11 bits per heavy atom. The quantitative estimate of drug-likeness (QED) is 0.853. The first-order valence-corrected chi connectivity index (χ1v) is 7.72. The van der Waals surface area contributed by atoms with Gasteiger partial charge < -0.3 is 5.11 Å². The molecule has 0 bridgehead atoms.